The van der Waals surface area contributed by atoms with Gasteiger partial charge in [0, 0.05) is 38.9 Å². The highest BCUT2D eigenvalue weighted by Gasteiger charge is 2.32. The Balaban J connectivity index is 1.71. The minimum Gasteiger partial charge on any atom is -0.353 e. The summed E-state index contributed by atoms with van der Waals surface area (Å²) < 4.78 is 2.15. The van der Waals surface area contributed by atoms with Crippen LogP contribution in [0.15, 0.2) is 28.0 Å². The number of amides is 1. The van der Waals surface area contributed by atoms with Crippen LogP contribution >= 0.6 is 24.0 Å². The third kappa shape index (κ3) is 5.21. The van der Waals surface area contributed by atoms with Crippen molar-refractivity contribution in [3.05, 3.63) is 44.7 Å². The lowest BCUT2D eigenvalue weighted by atomic mass is 10.2. The normalized spacial score (nSPS) is 18.6. The monoisotopic (exact) mass is 499 g/mol. The van der Waals surface area contributed by atoms with Gasteiger partial charge in [0.15, 0.2) is 0 Å². The van der Waals surface area contributed by atoms with Gasteiger partial charge >= 0.3 is 0 Å². The van der Waals surface area contributed by atoms with Crippen LogP contribution in [0.4, 0.5) is 5.82 Å². The van der Waals surface area contributed by atoms with Gasteiger partial charge in [-0.15, -0.1) is 0 Å². The van der Waals surface area contributed by atoms with E-state index >= 15 is 0 Å². The molecule has 34 heavy (non-hydrogen) atoms. The van der Waals surface area contributed by atoms with Crippen LogP contribution < -0.4 is 10.5 Å². The number of carbonyl (C=O) groups excluding carboxylic acids is 1. The fourth-order valence-corrected chi connectivity index (χ4v) is 5.70. The molecule has 4 heterocycles. The Bertz CT molecular complexity index is 1170. The molecule has 2 saturated heterocycles. The van der Waals surface area contributed by atoms with Gasteiger partial charge in [-0.2, -0.15) is 0 Å². The van der Waals surface area contributed by atoms with Gasteiger partial charge in [-0.3, -0.25) is 18.9 Å². The SMILES string of the molecule is CCCCCCN1C(=O)C(=Cc2c(N3CCN(CC)CC3)nc3ccc(C)cn3c2=O)SC1=S. The Hall–Kier alpha value is -2.23. The van der Waals surface area contributed by atoms with Crippen LogP contribution in [0.3, 0.4) is 0 Å². The van der Waals surface area contributed by atoms with E-state index in [1.807, 2.05) is 19.1 Å². The highest BCUT2D eigenvalue weighted by atomic mass is 32.2. The lowest BCUT2D eigenvalue weighted by molar-refractivity contribution is -0.122. The molecule has 0 aliphatic carbocycles. The molecule has 0 spiro atoms. The maximum Gasteiger partial charge on any atom is 0.267 e. The summed E-state index contributed by atoms with van der Waals surface area (Å²) in [5, 5.41) is 0. The standard InChI is InChI=1S/C25H33N5O2S2/c1-4-6-7-8-11-29-24(32)20(34-25(29)33)16-19-22(28-14-12-27(5-2)13-15-28)26-21-10-9-18(3)17-30(21)23(19)31/h9-10,16-17H,4-8,11-15H2,1-3H3. The Morgan fingerprint density at radius 2 is 1.85 bits per heavy atom. The van der Waals surface area contributed by atoms with E-state index in [1.54, 1.807) is 21.6 Å². The Morgan fingerprint density at radius 1 is 1.09 bits per heavy atom. The number of pyridine rings is 1. The van der Waals surface area contributed by atoms with E-state index in [1.165, 1.54) is 11.8 Å². The highest BCUT2D eigenvalue weighted by Crippen LogP contribution is 2.34. The number of aromatic nitrogens is 2. The molecule has 2 aromatic heterocycles. The van der Waals surface area contributed by atoms with E-state index in [0.717, 1.165) is 64.0 Å². The van der Waals surface area contributed by atoms with Crippen LogP contribution in [0.25, 0.3) is 11.7 Å². The molecule has 2 aliphatic heterocycles. The Morgan fingerprint density at radius 3 is 2.56 bits per heavy atom. The summed E-state index contributed by atoms with van der Waals surface area (Å²) in [5.74, 6) is 0.541. The highest BCUT2D eigenvalue weighted by molar-refractivity contribution is 8.26. The number of hydrogen-bond donors (Lipinski definition) is 0. The molecule has 2 aliphatic rings. The summed E-state index contributed by atoms with van der Waals surface area (Å²) >= 11 is 6.80. The number of fused-ring (bicyclic) bond motifs is 1. The number of likely N-dealkylation sites (N-methyl/N-ethyl adjacent to an activating group) is 1. The Kier molecular flexibility index (Phi) is 8.06. The second-order valence-corrected chi connectivity index (χ2v) is 10.6. The third-order valence-electron chi connectivity index (χ3n) is 6.49. The second kappa shape index (κ2) is 11.0. The first-order chi connectivity index (χ1) is 16.4. The molecule has 7 nitrogen and oxygen atoms in total. The van der Waals surface area contributed by atoms with Crippen molar-refractivity contribution in [1.82, 2.24) is 19.2 Å². The van der Waals surface area contributed by atoms with Gasteiger partial charge in [0.25, 0.3) is 11.5 Å². The molecule has 0 saturated carbocycles. The average Bonchev–Trinajstić information content (AvgIpc) is 3.11. The number of aryl methyl sites for hydroxylation is 1. The fraction of sp³-hybridized carbons (Fsp3) is 0.520. The third-order valence-corrected chi connectivity index (χ3v) is 7.87. The van der Waals surface area contributed by atoms with E-state index in [4.69, 9.17) is 17.2 Å². The number of piperazine rings is 1. The molecule has 0 unspecified atom stereocenters. The van der Waals surface area contributed by atoms with Crippen molar-refractivity contribution in [2.45, 2.75) is 46.5 Å². The number of anilines is 1. The van der Waals surface area contributed by atoms with Gasteiger partial charge in [-0.05, 0) is 37.6 Å². The molecule has 0 aromatic carbocycles. The number of rotatable bonds is 8. The van der Waals surface area contributed by atoms with Crippen LogP contribution in [-0.4, -0.2) is 68.7 Å². The van der Waals surface area contributed by atoms with Gasteiger partial charge in [0.1, 0.15) is 15.8 Å². The van der Waals surface area contributed by atoms with Crippen molar-refractivity contribution in [2.75, 3.05) is 44.2 Å². The van der Waals surface area contributed by atoms with E-state index in [9.17, 15) is 9.59 Å². The molecule has 2 fully saturated rings. The van der Waals surface area contributed by atoms with E-state index in [0.29, 0.717) is 32.8 Å². The number of carbonyl (C=O) groups is 1. The molecule has 0 radical (unpaired) electrons. The molecule has 0 bridgehead atoms. The average molecular weight is 500 g/mol. The van der Waals surface area contributed by atoms with E-state index in [-0.39, 0.29) is 11.5 Å². The fourth-order valence-electron chi connectivity index (χ4n) is 4.41. The van der Waals surface area contributed by atoms with Crippen molar-refractivity contribution in [1.29, 1.82) is 0 Å². The first kappa shape index (κ1) is 24.9. The summed E-state index contributed by atoms with van der Waals surface area (Å²) in [6, 6.07) is 3.84. The van der Waals surface area contributed by atoms with Crippen LogP contribution in [0.5, 0.6) is 0 Å². The van der Waals surface area contributed by atoms with E-state index < -0.39 is 0 Å². The van der Waals surface area contributed by atoms with Crippen molar-refractivity contribution in [2.24, 2.45) is 0 Å². The Labute approximate surface area is 210 Å². The van der Waals surface area contributed by atoms with Gasteiger partial charge in [-0.1, -0.05) is 63.2 Å². The predicted molar refractivity (Wildman–Crippen MR) is 145 cm³/mol. The smallest absolute Gasteiger partial charge is 0.267 e. The minimum absolute atomic E-state index is 0.109. The van der Waals surface area contributed by atoms with Crippen LogP contribution in [0.1, 0.15) is 50.7 Å². The first-order valence-corrected chi connectivity index (χ1v) is 13.4. The lowest BCUT2D eigenvalue weighted by Gasteiger charge is -2.35. The zero-order valence-electron chi connectivity index (χ0n) is 20.2. The molecule has 2 aromatic rings. The molecule has 9 heteroatoms. The summed E-state index contributed by atoms with van der Waals surface area (Å²) in [4.78, 5) is 38.4. The predicted octanol–water partition coefficient (Wildman–Crippen LogP) is 3.93. The molecular formula is C25H33N5O2S2. The molecular weight excluding hydrogens is 466 g/mol. The lowest BCUT2D eigenvalue weighted by Crippen LogP contribution is -2.47. The van der Waals surface area contributed by atoms with Gasteiger partial charge in [-0.25, -0.2) is 4.98 Å². The number of unbranched alkanes of at least 4 members (excludes halogenated alkanes) is 3. The molecule has 1 amide bonds. The van der Waals surface area contributed by atoms with Crippen molar-refractivity contribution in [3.8, 4) is 0 Å². The minimum atomic E-state index is -0.158. The number of thioether (sulfide) groups is 1. The van der Waals surface area contributed by atoms with Gasteiger partial charge in [0.2, 0.25) is 0 Å². The summed E-state index contributed by atoms with van der Waals surface area (Å²) in [7, 11) is 0. The first-order valence-electron chi connectivity index (χ1n) is 12.2. The number of thiocarbonyl (C=S) groups is 1. The second-order valence-electron chi connectivity index (χ2n) is 8.90. The number of hydrogen-bond acceptors (Lipinski definition) is 7. The van der Waals surface area contributed by atoms with Crippen LogP contribution in [0.2, 0.25) is 0 Å². The van der Waals surface area contributed by atoms with E-state index in [2.05, 4.69) is 23.6 Å². The van der Waals surface area contributed by atoms with Crippen LogP contribution in [0, 0.1) is 6.92 Å². The topological polar surface area (TPSA) is 61.2 Å². The molecule has 4 rings (SSSR count). The zero-order chi connectivity index (χ0) is 24.2. The van der Waals surface area contributed by atoms with Crippen molar-refractivity contribution >= 4 is 51.7 Å². The zero-order valence-corrected chi connectivity index (χ0v) is 21.9. The molecule has 0 atom stereocenters. The maximum absolute atomic E-state index is 13.6. The number of nitrogens with zero attached hydrogens (tertiary/aromatic N) is 5. The quantitative estimate of drug-likeness (QED) is 0.310. The summed E-state index contributed by atoms with van der Waals surface area (Å²) in [6.45, 7) is 11.3. The maximum atomic E-state index is 13.6. The van der Waals surface area contributed by atoms with Crippen molar-refractivity contribution in [3.63, 3.8) is 0 Å². The van der Waals surface area contributed by atoms with Crippen LogP contribution in [-0.2, 0) is 4.79 Å². The molecule has 0 N–H and O–H groups in total. The van der Waals surface area contributed by atoms with Gasteiger partial charge < -0.3 is 9.80 Å². The molecule has 182 valence electrons. The summed E-state index contributed by atoms with van der Waals surface area (Å²) in [5.41, 5.74) is 1.89. The summed E-state index contributed by atoms with van der Waals surface area (Å²) in [6.07, 6.45) is 7.83. The van der Waals surface area contributed by atoms with Crippen molar-refractivity contribution < 1.29 is 4.79 Å². The largest absolute Gasteiger partial charge is 0.353 e. The van der Waals surface area contributed by atoms with Gasteiger partial charge in [0.05, 0.1) is 10.5 Å².